The van der Waals surface area contributed by atoms with Crippen LogP contribution in [0, 0.1) is 0 Å². The van der Waals surface area contributed by atoms with E-state index in [-0.39, 0.29) is 0 Å². The summed E-state index contributed by atoms with van der Waals surface area (Å²) in [5.41, 5.74) is 3.61. The van der Waals surface area contributed by atoms with Crippen LogP contribution in [0.3, 0.4) is 0 Å². The molecule has 0 aliphatic carbocycles. The normalized spacial score (nSPS) is 10.4. The number of benzene rings is 2. The van der Waals surface area contributed by atoms with E-state index >= 15 is 0 Å². The molecule has 3 rings (SSSR count). The molecule has 0 aliphatic rings. The molecule has 88 valence electrons. The Morgan fingerprint density at radius 3 is 1.44 bits per heavy atom. The number of aromatic nitrogens is 3. The monoisotopic (exact) mass is 236 g/mol. The smallest absolute Gasteiger partial charge is 0.123 e. The highest BCUT2D eigenvalue weighted by Gasteiger charge is 2.13. The van der Waals surface area contributed by atoms with Gasteiger partial charge >= 0.3 is 0 Å². The van der Waals surface area contributed by atoms with E-state index in [9.17, 15) is 0 Å². The second-order valence-electron chi connectivity index (χ2n) is 3.95. The van der Waals surface area contributed by atoms with E-state index in [0.717, 1.165) is 27.4 Å². The molecule has 0 aliphatic heterocycles. The largest absolute Gasteiger partial charge is 0.306 e. The van der Waals surface area contributed by atoms with E-state index in [2.05, 4.69) is 10.2 Å². The summed E-state index contributed by atoms with van der Waals surface area (Å²) in [6.45, 7) is 0. The lowest BCUT2D eigenvalue weighted by Gasteiger charge is -2.00. The van der Waals surface area contributed by atoms with Gasteiger partial charge in [0.1, 0.15) is 11.4 Å². The van der Waals surface area contributed by atoms with Crippen molar-refractivity contribution in [3.8, 4) is 22.5 Å². The molecule has 0 bridgehead atoms. The van der Waals surface area contributed by atoms with Crippen LogP contribution >= 0.6 is 0 Å². The van der Waals surface area contributed by atoms with Crippen molar-refractivity contribution in [2.75, 3.05) is 5.84 Å². The van der Waals surface area contributed by atoms with E-state index in [4.69, 9.17) is 5.84 Å². The Bertz CT molecular complexity index is 587. The molecule has 0 amide bonds. The number of hydrogen-bond donors (Lipinski definition) is 1. The molecular weight excluding hydrogens is 224 g/mol. The zero-order chi connectivity index (χ0) is 12.4. The van der Waals surface area contributed by atoms with Crippen LogP contribution in [0.25, 0.3) is 22.5 Å². The zero-order valence-electron chi connectivity index (χ0n) is 9.69. The van der Waals surface area contributed by atoms with Gasteiger partial charge in [-0.25, -0.2) is 0 Å². The summed E-state index contributed by atoms with van der Waals surface area (Å²) in [6, 6.07) is 19.8. The summed E-state index contributed by atoms with van der Waals surface area (Å²) < 4.78 is 0. The maximum Gasteiger partial charge on any atom is 0.123 e. The van der Waals surface area contributed by atoms with Crippen LogP contribution < -0.4 is 5.84 Å². The first-order chi connectivity index (χ1) is 8.84. The highest BCUT2D eigenvalue weighted by molar-refractivity contribution is 5.77. The molecule has 18 heavy (non-hydrogen) atoms. The van der Waals surface area contributed by atoms with Gasteiger partial charge in [0.05, 0.1) is 0 Å². The summed E-state index contributed by atoms with van der Waals surface area (Å²) in [4.78, 5) is 1.12. The van der Waals surface area contributed by atoms with Crippen molar-refractivity contribution in [3.05, 3.63) is 60.7 Å². The van der Waals surface area contributed by atoms with E-state index in [1.165, 1.54) is 0 Å². The Kier molecular flexibility index (Phi) is 2.53. The molecule has 0 fully saturated rings. The standard InChI is InChI=1S/C14H12N4/c15-18-16-13(11-7-3-1-4-8-11)14(17-18)12-9-5-2-6-10-12/h1-10H,15H2. The van der Waals surface area contributed by atoms with Crippen LogP contribution in [0.15, 0.2) is 60.7 Å². The summed E-state index contributed by atoms with van der Waals surface area (Å²) >= 11 is 0. The molecule has 0 radical (unpaired) electrons. The molecule has 1 heterocycles. The van der Waals surface area contributed by atoms with Gasteiger partial charge in [-0.15, -0.1) is 10.2 Å². The number of nitrogen functional groups attached to an aromatic ring is 1. The van der Waals surface area contributed by atoms with Crippen molar-refractivity contribution < 1.29 is 0 Å². The molecule has 0 atom stereocenters. The molecule has 0 unspecified atom stereocenters. The lowest BCUT2D eigenvalue weighted by Crippen LogP contribution is -2.11. The summed E-state index contributed by atoms with van der Waals surface area (Å²) in [7, 11) is 0. The highest BCUT2D eigenvalue weighted by atomic mass is 15.6. The van der Waals surface area contributed by atoms with Gasteiger partial charge < -0.3 is 5.84 Å². The molecule has 4 heteroatoms. The third-order valence-electron chi connectivity index (χ3n) is 2.72. The summed E-state index contributed by atoms with van der Waals surface area (Å²) in [6.07, 6.45) is 0. The molecule has 0 saturated carbocycles. The lowest BCUT2D eigenvalue weighted by atomic mass is 10.1. The fraction of sp³-hybridized carbons (Fsp3) is 0. The predicted octanol–water partition coefficient (Wildman–Crippen LogP) is 2.33. The first-order valence-electron chi connectivity index (χ1n) is 5.68. The van der Waals surface area contributed by atoms with Crippen LogP contribution in [0.1, 0.15) is 0 Å². The van der Waals surface area contributed by atoms with E-state index in [1.807, 2.05) is 60.7 Å². The quantitative estimate of drug-likeness (QED) is 0.695. The van der Waals surface area contributed by atoms with E-state index in [1.54, 1.807) is 0 Å². The van der Waals surface area contributed by atoms with Gasteiger partial charge in [-0.1, -0.05) is 65.6 Å². The van der Waals surface area contributed by atoms with Gasteiger partial charge in [-0.2, -0.15) is 0 Å². The molecule has 3 aromatic rings. The predicted molar refractivity (Wildman–Crippen MR) is 71.0 cm³/mol. The Labute approximate surface area is 105 Å². The topological polar surface area (TPSA) is 56.7 Å². The molecule has 1 aromatic heterocycles. The number of nitrogens with zero attached hydrogens (tertiary/aromatic N) is 3. The van der Waals surface area contributed by atoms with Crippen molar-refractivity contribution in [2.24, 2.45) is 0 Å². The van der Waals surface area contributed by atoms with Crippen molar-refractivity contribution in [1.29, 1.82) is 0 Å². The van der Waals surface area contributed by atoms with Crippen molar-refractivity contribution in [1.82, 2.24) is 15.1 Å². The molecule has 2 aromatic carbocycles. The second kappa shape index (κ2) is 4.33. The Morgan fingerprint density at radius 1 is 0.667 bits per heavy atom. The number of hydrogen-bond acceptors (Lipinski definition) is 3. The Morgan fingerprint density at radius 2 is 1.06 bits per heavy atom. The van der Waals surface area contributed by atoms with Gasteiger partial charge in [-0.3, -0.25) is 0 Å². The van der Waals surface area contributed by atoms with Gasteiger partial charge in [0.2, 0.25) is 0 Å². The van der Waals surface area contributed by atoms with Crippen LogP contribution in [0.2, 0.25) is 0 Å². The van der Waals surface area contributed by atoms with Crippen molar-refractivity contribution >= 4 is 0 Å². The van der Waals surface area contributed by atoms with Gasteiger partial charge in [0.25, 0.3) is 0 Å². The first-order valence-corrected chi connectivity index (χ1v) is 5.68. The third kappa shape index (κ3) is 1.84. The van der Waals surface area contributed by atoms with Gasteiger partial charge in [0, 0.05) is 11.1 Å². The van der Waals surface area contributed by atoms with E-state index < -0.39 is 0 Å². The molecule has 0 saturated heterocycles. The van der Waals surface area contributed by atoms with Crippen molar-refractivity contribution in [2.45, 2.75) is 0 Å². The van der Waals surface area contributed by atoms with Crippen LogP contribution in [-0.2, 0) is 0 Å². The summed E-state index contributed by atoms with van der Waals surface area (Å²) in [5, 5.41) is 8.48. The SMILES string of the molecule is Nn1nc(-c2ccccc2)c(-c2ccccc2)n1. The van der Waals surface area contributed by atoms with E-state index in [0.29, 0.717) is 0 Å². The average Bonchev–Trinajstić information content (AvgIpc) is 2.83. The summed E-state index contributed by atoms with van der Waals surface area (Å²) in [5.74, 6) is 5.65. The Hall–Kier alpha value is -2.62. The number of nitrogens with two attached hydrogens (primary N) is 1. The van der Waals surface area contributed by atoms with Crippen LogP contribution in [-0.4, -0.2) is 15.1 Å². The molecule has 2 N–H and O–H groups in total. The third-order valence-corrected chi connectivity index (χ3v) is 2.72. The van der Waals surface area contributed by atoms with Crippen LogP contribution in [0.5, 0.6) is 0 Å². The first kappa shape index (κ1) is 10.5. The van der Waals surface area contributed by atoms with Gasteiger partial charge in [-0.05, 0) is 0 Å². The average molecular weight is 236 g/mol. The lowest BCUT2D eigenvalue weighted by molar-refractivity contribution is 0.711. The maximum absolute atomic E-state index is 5.65. The minimum absolute atomic E-state index is 0.796. The highest BCUT2D eigenvalue weighted by Crippen LogP contribution is 2.27. The van der Waals surface area contributed by atoms with Gasteiger partial charge in [0.15, 0.2) is 0 Å². The van der Waals surface area contributed by atoms with Crippen LogP contribution in [0.4, 0.5) is 0 Å². The molecule has 4 nitrogen and oxygen atoms in total. The fourth-order valence-corrected chi connectivity index (χ4v) is 1.90. The second-order valence-corrected chi connectivity index (χ2v) is 3.95. The minimum Gasteiger partial charge on any atom is -0.306 e. The maximum atomic E-state index is 5.65. The number of rotatable bonds is 2. The van der Waals surface area contributed by atoms with Crippen molar-refractivity contribution in [3.63, 3.8) is 0 Å². The molecular formula is C14H12N4. The Balaban J connectivity index is 2.17. The zero-order valence-corrected chi connectivity index (χ0v) is 9.69. The molecule has 0 spiro atoms. The fourth-order valence-electron chi connectivity index (χ4n) is 1.90. The minimum atomic E-state index is 0.796.